The van der Waals surface area contributed by atoms with Crippen LogP contribution in [0.2, 0.25) is 0 Å². The highest BCUT2D eigenvalue weighted by atomic mass is 14.9. The molecule has 78 valence electrons. The first-order chi connectivity index (χ1) is 7.33. The molecule has 0 spiro atoms. The molecule has 2 aromatic rings. The molecule has 3 nitrogen and oxygen atoms in total. The van der Waals surface area contributed by atoms with E-state index < -0.39 is 0 Å². The summed E-state index contributed by atoms with van der Waals surface area (Å²) in [5.41, 5.74) is 13.3. The quantitative estimate of drug-likeness (QED) is 0.663. The van der Waals surface area contributed by atoms with Gasteiger partial charge in [-0.3, -0.25) is 0 Å². The number of nitrogens with one attached hydrogen (secondary N) is 1. The summed E-state index contributed by atoms with van der Waals surface area (Å²) in [6.45, 7) is 1.40. The minimum absolute atomic E-state index is 0.624. The van der Waals surface area contributed by atoms with Gasteiger partial charge in [-0.15, -0.1) is 0 Å². The van der Waals surface area contributed by atoms with Gasteiger partial charge in [0.15, 0.2) is 0 Å². The first kappa shape index (κ1) is 9.80. The molecule has 0 aliphatic carbocycles. The maximum Gasteiger partial charge on any atom is 0.0421 e. The molecular formula is C12H15N3. The normalized spacial score (nSPS) is 10.5. The number of benzene rings is 2. The number of rotatable bonds is 3. The summed E-state index contributed by atoms with van der Waals surface area (Å²) in [6.07, 6.45) is 0. The molecule has 0 fully saturated rings. The summed E-state index contributed by atoms with van der Waals surface area (Å²) in [5.74, 6) is 0. The average Bonchev–Trinajstić information content (AvgIpc) is 2.29. The predicted molar refractivity (Wildman–Crippen MR) is 65.9 cm³/mol. The Morgan fingerprint density at radius 2 is 1.73 bits per heavy atom. The fourth-order valence-corrected chi connectivity index (χ4v) is 1.68. The van der Waals surface area contributed by atoms with Crippen molar-refractivity contribution in [2.24, 2.45) is 5.73 Å². The van der Waals surface area contributed by atoms with Gasteiger partial charge in [-0.25, -0.2) is 0 Å². The molecule has 0 atom stereocenters. The molecule has 0 unspecified atom stereocenters. The third-order valence-corrected chi connectivity index (χ3v) is 2.42. The smallest absolute Gasteiger partial charge is 0.0421 e. The van der Waals surface area contributed by atoms with Crippen molar-refractivity contribution in [3.63, 3.8) is 0 Å². The van der Waals surface area contributed by atoms with Crippen molar-refractivity contribution in [2.75, 3.05) is 24.1 Å². The number of anilines is 2. The molecule has 0 heterocycles. The Kier molecular flexibility index (Phi) is 2.74. The second-order valence-electron chi connectivity index (χ2n) is 3.46. The van der Waals surface area contributed by atoms with Crippen LogP contribution in [0.3, 0.4) is 0 Å². The van der Waals surface area contributed by atoms with E-state index >= 15 is 0 Å². The molecular weight excluding hydrogens is 186 g/mol. The van der Waals surface area contributed by atoms with Gasteiger partial charge >= 0.3 is 0 Å². The molecule has 0 saturated carbocycles. The van der Waals surface area contributed by atoms with Crippen LogP contribution >= 0.6 is 0 Å². The van der Waals surface area contributed by atoms with Gasteiger partial charge in [-0.2, -0.15) is 0 Å². The third-order valence-electron chi connectivity index (χ3n) is 2.42. The maximum absolute atomic E-state index is 5.90. The van der Waals surface area contributed by atoms with Crippen LogP contribution in [0.4, 0.5) is 11.4 Å². The monoisotopic (exact) mass is 201 g/mol. The first-order valence-electron chi connectivity index (χ1n) is 5.04. The highest BCUT2D eigenvalue weighted by molar-refractivity contribution is 6.01. The van der Waals surface area contributed by atoms with Crippen molar-refractivity contribution < 1.29 is 0 Å². The van der Waals surface area contributed by atoms with E-state index in [4.69, 9.17) is 11.5 Å². The summed E-state index contributed by atoms with van der Waals surface area (Å²) >= 11 is 0. The second-order valence-corrected chi connectivity index (χ2v) is 3.46. The minimum atomic E-state index is 0.624. The largest absolute Gasteiger partial charge is 0.398 e. The van der Waals surface area contributed by atoms with Gasteiger partial charge in [0, 0.05) is 35.2 Å². The molecule has 0 saturated heterocycles. The molecule has 3 heteroatoms. The minimum Gasteiger partial charge on any atom is -0.398 e. The van der Waals surface area contributed by atoms with E-state index in [-0.39, 0.29) is 0 Å². The lowest BCUT2D eigenvalue weighted by molar-refractivity contribution is 1.03. The van der Waals surface area contributed by atoms with E-state index in [1.807, 2.05) is 30.3 Å². The molecule has 2 rings (SSSR count). The molecule has 2 aromatic carbocycles. The highest BCUT2D eigenvalue weighted by Gasteiger charge is 2.01. The fourth-order valence-electron chi connectivity index (χ4n) is 1.68. The molecule has 5 N–H and O–H groups in total. The second kappa shape index (κ2) is 4.19. The molecule has 0 aliphatic rings. The van der Waals surface area contributed by atoms with E-state index in [2.05, 4.69) is 11.4 Å². The van der Waals surface area contributed by atoms with Crippen LogP contribution in [0.15, 0.2) is 36.4 Å². The third kappa shape index (κ3) is 1.87. The Morgan fingerprint density at radius 3 is 2.47 bits per heavy atom. The van der Waals surface area contributed by atoms with E-state index in [1.165, 1.54) is 0 Å². The maximum atomic E-state index is 5.90. The highest BCUT2D eigenvalue weighted by Crippen LogP contribution is 2.27. The molecule has 0 aromatic heterocycles. The Morgan fingerprint density at radius 1 is 1.00 bits per heavy atom. The van der Waals surface area contributed by atoms with Gasteiger partial charge in [-0.1, -0.05) is 24.3 Å². The van der Waals surface area contributed by atoms with Crippen LogP contribution < -0.4 is 16.8 Å². The lowest BCUT2D eigenvalue weighted by Crippen LogP contribution is -2.13. The van der Waals surface area contributed by atoms with Crippen molar-refractivity contribution in [1.82, 2.24) is 0 Å². The van der Waals surface area contributed by atoms with Gasteiger partial charge in [0.25, 0.3) is 0 Å². The van der Waals surface area contributed by atoms with Crippen molar-refractivity contribution in [3.8, 4) is 0 Å². The number of nitrogens with two attached hydrogens (primary N) is 2. The fraction of sp³-hybridized carbons (Fsp3) is 0.167. The standard InChI is InChI=1S/C12H15N3/c13-7-8-15-12-6-5-11(14)9-3-1-2-4-10(9)12/h1-6,15H,7-8,13-14H2. The zero-order valence-corrected chi connectivity index (χ0v) is 8.53. The number of nitrogen functional groups attached to an aromatic ring is 1. The zero-order chi connectivity index (χ0) is 10.7. The molecule has 0 bridgehead atoms. The van der Waals surface area contributed by atoms with Crippen molar-refractivity contribution in [2.45, 2.75) is 0 Å². The summed E-state index contributed by atoms with van der Waals surface area (Å²) in [4.78, 5) is 0. The summed E-state index contributed by atoms with van der Waals surface area (Å²) in [5, 5.41) is 5.51. The van der Waals surface area contributed by atoms with Crippen LogP contribution in [0.5, 0.6) is 0 Å². The SMILES string of the molecule is NCCNc1ccc(N)c2ccccc12. The Hall–Kier alpha value is -1.74. The van der Waals surface area contributed by atoms with Crippen LogP contribution in [0, 0.1) is 0 Å². The number of fused-ring (bicyclic) bond motifs is 1. The first-order valence-corrected chi connectivity index (χ1v) is 5.04. The van der Waals surface area contributed by atoms with Gasteiger partial charge in [-0.05, 0) is 12.1 Å². The van der Waals surface area contributed by atoms with Crippen LogP contribution in [-0.2, 0) is 0 Å². The summed E-state index contributed by atoms with van der Waals surface area (Å²) < 4.78 is 0. The van der Waals surface area contributed by atoms with Crippen LogP contribution in [0.25, 0.3) is 10.8 Å². The Balaban J connectivity index is 2.51. The van der Waals surface area contributed by atoms with E-state index in [1.54, 1.807) is 0 Å². The van der Waals surface area contributed by atoms with E-state index in [0.717, 1.165) is 28.7 Å². The zero-order valence-electron chi connectivity index (χ0n) is 8.53. The lowest BCUT2D eigenvalue weighted by Gasteiger charge is -2.10. The van der Waals surface area contributed by atoms with Crippen molar-refractivity contribution >= 4 is 22.1 Å². The van der Waals surface area contributed by atoms with E-state index in [9.17, 15) is 0 Å². The van der Waals surface area contributed by atoms with Gasteiger partial charge in [0.2, 0.25) is 0 Å². The Bertz CT molecular complexity index is 465. The van der Waals surface area contributed by atoms with Gasteiger partial charge in [0.1, 0.15) is 0 Å². The average molecular weight is 201 g/mol. The molecule has 0 amide bonds. The topological polar surface area (TPSA) is 64.1 Å². The van der Waals surface area contributed by atoms with Gasteiger partial charge < -0.3 is 16.8 Å². The van der Waals surface area contributed by atoms with E-state index in [0.29, 0.717) is 6.54 Å². The van der Waals surface area contributed by atoms with Crippen molar-refractivity contribution in [3.05, 3.63) is 36.4 Å². The number of hydrogen-bond acceptors (Lipinski definition) is 3. The predicted octanol–water partition coefficient (Wildman–Crippen LogP) is 1.79. The summed E-state index contributed by atoms with van der Waals surface area (Å²) in [6, 6.07) is 12.0. The van der Waals surface area contributed by atoms with Gasteiger partial charge in [0.05, 0.1) is 0 Å². The molecule has 0 aliphatic heterocycles. The number of hydrogen-bond donors (Lipinski definition) is 3. The van der Waals surface area contributed by atoms with Crippen LogP contribution in [0.1, 0.15) is 0 Å². The van der Waals surface area contributed by atoms with Crippen molar-refractivity contribution in [1.29, 1.82) is 0 Å². The van der Waals surface area contributed by atoms with Crippen LogP contribution in [-0.4, -0.2) is 13.1 Å². The Labute approximate surface area is 89.1 Å². The lowest BCUT2D eigenvalue weighted by atomic mass is 10.1. The molecule has 15 heavy (non-hydrogen) atoms. The molecule has 0 radical (unpaired) electrons. The summed E-state index contributed by atoms with van der Waals surface area (Å²) in [7, 11) is 0.